The molecule has 2 aromatic heterocycles. The van der Waals surface area contributed by atoms with E-state index in [9.17, 15) is 0 Å². The first kappa shape index (κ1) is 12.0. The van der Waals surface area contributed by atoms with Crippen molar-refractivity contribution < 1.29 is 4.74 Å². The van der Waals surface area contributed by atoms with Gasteiger partial charge in [0.05, 0.1) is 13.2 Å². The smallest absolute Gasteiger partial charge is 0.134 e. The summed E-state index contributed by atoms with van der Waals surface area (Å²) in [4.78, 5) is 8.21. The SMILES string of the molecule is Clc1ncccc1COCCc1ccccn1. The molecule has 0 bridgehead atoms. The van der Waals surface area contributed by atoms with Crippen molar-refractivity contribution in [3.8, 4) is 0 Å². The van der Waals surface area contributed by atoms with Gasteiger partial charge in [0.2, 0.25) is 0 Å². The predicted molar refractivity (Wildman–Crippen MR) is 66.8 cm³/mol. The average molecular weight is 249 g/mol. The van der Waals surface area contributed by atoms with Gasteiger partial charge in [-0.05, 0) is 18.2 Å². The molecule has 2 heterocycles. The van der Waals surface area contributed by atoms with Crippen LogP contribution in [0.1, 0.15) is 11.3 Å². The van der Waals surface area contributed by atoms with Gasteiger partial charge in [-0.25, -0.2) is 4.98 Å². The molecule has 0 aliphatic heterocycles. The fraction of sp³-hybridized carbons (Fsp3) is 0.231. The molecule has 0 N–H and O–H groups in total. The lowest BCUT2D eigenvalue weighted by Gasteiger charge is -2.05. The predicted octanol–water partition coefficient (Wildman–Crippen LogP) is 2.89. The van der Waals surface area contributed by atoms with Crippen LogP contribution in [0.2, 0.25) is 5.15 Å². The van der Waals surface area contributed by atoms with E-state index < -0.39 is 0 Å². The number of hydrogen-bond donors (Lipinski definition) is 0. The van der Waals surface area contributed by atoms with Crippen molar-refractivity contribution in [3.05, 3.63) is 59.1 Å². The molecule has 0 aliphatic carbocycles. The summed E-state index contributed by atoms with van der Waals surface area (Å²) in [6.07, 6.45) is 4.26. The highest BCUT2D eigenvalue weighted by atomic mass is 35.5. The zero-order chi connectivity index (χ0) is 11.9. The molecule has 0 radical (unpaired) electrons. The Balaban J connectivity index is 1.76. The van der Waals surface area contributed by atoms with E-state index in [1.165, 1.54) is 0 Å². The van der Waals surface area contributed by atoms with Gasteiger partial charge in [0, 0.05) is 30.1 Å². The average Bonchev–Trinajstić information content (AvgIpc) is 2.38. The number of nitrogens with zero attached hydrogens (tertiary/aromatic N) is 2. The fourth-order valence-corrected chi connectivity index (χ4v) is 1.61. The van der Waals surface area contributed by atoms with E-state index in [4.69, 9.17) is 16.3 Å². The summed E-state index contributed by atoms with van der Waals surface area (Å²) < 4.78 is 5.54. The van der Waals surface area contributed by atoms with Crippen LogP contribution in [0.4, 0.5) is 0 Å². The molecule has 0 fully saturated rings. The second-order valence-electron chi connectivity index (χ2n) is 3.58. The highest BCUT2D eigenvalue weighted by molar-refractivity contribution is 6.30. The molecule has 0 atom stereocenters. The monoisotopic (exact) mass is 248 g/mol. The van der Waals surface area contributed by atoms with Gasteiger partial charge in [-0.1, -0.05) is 23.7 Å². The van der Waals surface area contributed by atoms with Crippen LogP contribution in [-0.2, 0) is 17.8 Å². The van der Waals surface area contributed by atoms with Crippen molar-refractivity contribution in [1.29, 1.82) is 0 Å². The zero-order valence-corrected chi connectivity index (χ0v) is 10.1. The maximum absolute atomic E-state index is 5.92. The molecule has 0 saturated heterocycles. The Labute approximate surface area is 105 Å². The molecule has 2 aromatic rings. The van der Waals surface area contributed by atoms with Crippen molar-refractivity contribution in [1.82, 2.24) is 9.97 Å². The van der Waals surface area contributed by atoms with Gasteiger partial charge in [0.25, 0.3) is 0 Å². The van der Waals surface area contributed by atoms with Gasteiger partial charge in [0.1, 0.15) is 5.15 Å². The standard InChI is InChI=1S/C13H13ClN2O/c14-13-11(4-3-8-16-13)10-17-9-6-12-5-1-2-7-15-12/h1-5,7-8H,6,9-10H2. The summed E-state index contributed by atoms with van der Waals surface area (Å²) in [7, 11) is 0. The summed E-state index contributed by atoms with van der Waals surface area (Å²) in [5.41, 5.74) is 1.94. The molecule has 0 unspecified atom stereocenters. The van der Waals surface area contributed by atoms with Crippen LogP contribution in [-0.4, -0.2) is 16.6 Å². The van der Waals surface area contributed by atoms with Crippen LogP contribution in [0.5, 0.6) is 0 Å². The van der Waals surface area contributed by atoms with Gasteiger partial charge in [-0.2, -0.15) is 0 Å². The summed E-state index contributed by atoms with van der Waals surface area (Å²) in [6.45, 7) is 1.11. The molecule has 0 aromatic carbocycles. The largest absolute Gasteiger partial charge is 0.376 e. The van der Waals surface area contributed by atoms with E-state index in [0.29, 0.717) is 18.4 Å². The Morgan fingerprint density at radius 2 is 1.94 bits per heavy atom. The van der Waals surface area contributed by atoms with Gasteiger partial charge in [-0.15, -0.1) is 0 Å². The van der Waals surface area contributed by atoms with E-state index in [0.717, 1.165) is 17.7 Å². The van der Waals surface area contributed by atoms with Gasteiger partial charge < -0.3 is 4.74 Å². The van der Waals surface area contributed by atoms with Crippen molar-refractivity contribution in [2.45, 2.75) is 13.0 Å². The summed E-state index contributed by atoms with van der Waals surface area (Å²) in [5, 5.41) is 0.505. The first-order chi connectivity index (χ1) is 8.36. The molecule has 3 nitrogen and oxygen atoms in total. The molecule has 0 saturated carbocycles. The molecule has 4 heteroatoms. The van der Waals surface area contributed by atoms with Crippen LogP contribution in [0.15, 0.2) is 42.7 Å². The van der Waals surface area contributed by atoms with E-state index in [1.807, 2.05) is 30.3 Å². The lowest BCUT2D eigenvalue weighted by atomic mass is 10.3. The summed E-state index contributed by atoms with van der Waals surface area (Å²) >= 11 is 5.92. The third-order valence-corrected chi connectivity index (χ3v) is 2.66. The van der Waals surface area contributed by atoms with Crippen molar-refractivity contribution in [2.24, 2.45) is 0 Å². The third kappa shape index (κ3) is 3.80. The van der Waals surface area contributed by atoms with Crippen molar-refractivity contribution in [2.75, 3.05) is 6.61 Å². The van der Waals surface area contributed by atoms with Crippen LogP contribution >= 0.6 is 11.6 Å². The number of halogens is 1. The summed E-state index contributed by atoms with van der Waals surface area (Å²) in [5.74, 6) is 0. The molecule has 0 amide bonds. The quantitative estimate of drug-likeness (QED) is 0.603. The van der Waals surface area contributed by atoms with Crippen molar-refractivity contribution in [3.63, 3.8) is 0 Å². The molecule has 88 valence electrons. The second kappa shape index (κ2) is 6.33. The Morgan fingerprint density at radius 3 is 2.71 bits per heavy atom. The first-order valence-electron chi connectivity index (χ1n) is 5.43. The maximum atomic E-state index is 5.92. The van der Waals surface area contributed by atoms with Gasteiger partial charge in [0.15, 0.2) is 0 Å². The van der Waals surface area contributed by atoms with E-state index in [2.05, 4.69) is 9.97 Å². The topological polar surface area (TPSA) is 35.0 Å². The highest BCUT2D eigenvalue weighted by Gasteiger charge is 2.00. The molecular weight excluding hydrogens is 236 g/mol. The fourth-order valence-electron chi connectivity index (χ4n) is 1.43. The van der Waals surface area contributed by atoms with Gasteiger partial charge in [-0.3, -0.25) is 4.98 Å². The highest BCUT2D eigenvalue weighted by Crippen LogP contribution is 2.12. The van der Waals surface area contributed by atoms with E-state index in [-0.39, 0.29) is 0 Å². The zero-order valence-electron chi connectivity index (χ0n) is 9.34. The van der Waals surface area contributed by atoms with Crippen LogP contribution < -0.4 is 0 Å². The Bertz CT molecular complexity index is 462. The Morgan fingerprint density at radius 1 is 1.06 bits per heavy atom. The minimum atomic E-state index is 0.486. The first-order valence-corrected chi connectivity index (χ1v) is 5.81. The maximum Gasteiger partial charge on any atom is 0.134 e. The Kier molecular flexibility index (Phi) is 4.47. The summed E-state index contributed by atoms with van der Waals surface area (Å²) in [6, 6.07) is 9.62. The van der Waals surface area contributed by atoms with Gasteiger partial charge >= 0.3 is 0 Å². The van der Waals surface area contributed by atoms with Crippen LogP contribution in [0, 0.1) is 0 Å². The normalized spacial score (nSPS) is 10.4. The van der Waals surface area contributed by atoms with Crippen molar-refractivity contribution >= 4 is 11.6 Å². The minimum absolute atomic E-state index is 0.486. The molecule has 17 heavy (non-hydrogen) atoms. The molecule has 0 aliphatic rings. The minimum Gasteiger partial charge on any atom is -0.376 e. The molecule has 2 rings (SSSR count). The van der Waals surface area contributed by atoms with Crippen LogP contribution in [0.25, 0.3) is 0 Å². The Hall–Kier alpha value is -1.45. The molecule has 0 spiro atoms. The van der Waals surface area contributed by atoms with E-state index in [1.54, 1.807) is 12.4 Å². The number of aromatic nitrogens is 2. The third-order valence-electron chi connectivity index (χ3n) is 2.32. The lowest BCUT2D eigenvalue weighted by Crippen LogP contribution is -2.01. The van der Waals surface area contributed by atoms with Crippen LogP contribution in [0.3, 0.4) is 0 Å². The molecular formula is C13H13ClN2O. The number of ether oxygens (including phenoxy) is 1. The number of rotatable bonds is 5. The lowest BCUT2D eigenvalue weighted by molar-refractivity contribution is 0.123. The van der Waals surface area contributed by atoms with E-state index >= 15 is 0 Å². The second-order valence-corrected chi connectivity index (χ2v) is 3.94. The number of pyridine rings is 2. The number of hydrogen-bond acceptors (Lipinski definition) is 3.